The first kappa shape index (κ1) is 25.8. The number of aryl methyl sites for hydroxylation is 1. The summed E-state index contributed by atoms with van der Waals surface area (Å²) in [5.41, 5.74) is 3.52. The molecule has 1 aliphatic rings. The van der Waals surface area contributed by atoms with E-state index in [1.165, 1.54) is 0 Å². The molecule has 0 saturated heterocycles. The SMILES string of the molecule is Cc1ccc(OCCNCCCOc2ccc(NS(C)(=O)=O)cc2)c2c1NC(=O)CC2.Cl. The Morgan fingerprint density at radius 2 is 1.75 bits per heavy atom. The smallest absolute Gasteiger partial charge is 0.229 e. The second-order valence-corrected chi connectivity index (χ2v) is 9.23. The molecule has 1 amide bonds. The summed E-state index contributed by atoms with van der Waals surface area (Å²) in [4.78, 5) is 11.6. The summed E-state index contributed by atoms with van der Waals surface area (Å²) in [6.07, 6.45) is 3.13. The molecule has 3 rings (SSSR count). The van der Waals surface area contributed by atoms with Gasteiger partial charge in [-0.15, -0.1) is 12.4 Å². The van der Waals surface area contributed by atoms with Crippen LogP contribution in [0, 0.1) is 6.92 Å². The number of halogens is 1. The van der Waals surface area contributed by atoms with Crippen molar-refractivity contribution in [3.8, 4) is 11.5 Å². The molecule has 0 saturated carbocycles. The van der Waals surface area contributed by atoms with E-state index in [0.29, 0.717) is 44.0 Å². The standard InChI is InChI=1S/C22H29N3O5S.ClH/c1-16-4-10-20(19-9-11-21(26)24-22(16)19)30-15-13-23-12-3-14-29-18-7-5-17(6-8-18)25-31(2,27)28;/h4-8,10,23,25H,3,9,11-15H2,1-2H3,(H,24,26);1H. The third-order valence-corrected chi connectivity index (χ3v) is 5.41. The van der Waals surface area contributed by atoms with Crippen molar-refractivity contribution in [3.63, 3.8) is 0 Å². The molecule has 176 valence electrons. The van der Waals surface area contributed by atoms with Gasteiger partial charge >= 0.3 is 0 Å². The Labute approximate surface area is 195 Å². The molecule has 0 fully saturated rings. The number of fused-ring (bicyclic) bond motifs is 1. The molecule has 0 bridgehead atoms. The van der Waals surface area contributed by atoms with Crippen LogP contribution >= 0.6 is 12.4 Å². The van der Waals surface area contributed by atoms with Crippen LogP contribution in [0.3, 0.4) is 0 Å². The molecule has 3 N–H and O–H groups in total. The van der Waals surface area contributed by atoms with Crippen LogP contribution in [0.1, 0.15) is 24.0 Å². The number of benzene rings is 2. The van der Waals surface area contributed by atoms with Gasteiger partial charge in [0.2, 0.25) is 15.9 Å². The molecule has 1 aliphatic heterocycles. The van der Waals surface area contributed by atoms with Gasteiger partial charge < -0.3 is 20.1 Å². The van der Waals surface area contributed by atoms with Gasteiger partial charge in [-0.3, -0.25) is 9.52 Å². The van der Waals surface area contributed by atoms with E-state index in [-0.39, 0.29) is 18.3 Å². The van der Waals surface area contributed by atoms with E-state index in [1.54, 1.807) is 24.3 Å². The summed E-state index contributed by atoms with van der Waals surface area (Å²) in [5, 5.41) is 6.26. The lowest BCUT2D eigenvalue weighted by atomic mass is 9.98. The number of ether oxygens (including phenoxy) is 2. The molecule has 10 heteroatoms. The van der Waals surface area contributed by atoms with Gasteiger partial charge in [-0.05, 0) is 62.2 Å². The van der Waals surface area contributed by atoms with Crippen molar-refractivity contribution in [1.29, 1.82) is 0 Å². The molecule has 0 aliphatic carbocycles. The molecule has 0 spiro atoms. The topological polar surface area (TPSA) is 106 Å². The maximum atomic E-state index is 11.6. The highest BCUT2D eigenvalue weighted by atomic mass is 35.5. The minimum atomic E-state index is -3.27. The van der Waals surface area contributed by atoms with Crippen molar-refractivity contribution in [3.05, 3.63) is 47.5 Å². The molecule has 0 unspecified atom stereocenters. The van der Waals surface area contributed by atoms with E-state index in [9.17, 15) is 13.2 Å². The first-order valence-corrected chi connectivity index (χ1v) is 12.2. The van der Waals surface area contributed by atoms with Crippen LogP contribution < -0.4 is 24.8 Å². The second kappa shape index (κ2) is 11.9. The molecule has 32 heavy (non-hydrogen) atoms. The number of amides is 1. The van der Waals surface area contributed by atoms with Gasteiger partial charge in [-0.1, -0.05) is 6.07 Å². The zero-order valence-electron chi connectivity index (χ0n) is 18.3. The van der Waals surface area contributed by atoms with E-state index in [4.69, 9.17) is 9.47 Å². The van der Waals surface area contributed by atoms with E-state index in [0.717, 1.165) is 41.8 Å². The zero-order chi connectivity index (χ0) is 22.3. The predicted octanol–water partition coefficient (Wildman–Crippen LogP) is 3.11. The maximum Gasteiger partial charge on any atom is 0.229 e. The quantitative estimate of drug-likeness (QED) is 0.424. The van der Waals surface area contributed by atoms with Gasteiger partial charge in [-0.2, -0.15) is 0 Å². The number of rotatable bonds is 11. The molecule has 8 nitrogen and oxygen atoms in total. The average Bonchev–Trinajstić information content (AvgIpc) is 2.72. The Balaban J connectivity index is 0.00000363. The molecular formula is C22H30ClN3O5S. The molecule has 1 heterocycles. The number of anilines is 2. The fourth-order valence-electron chi connectivity index (χ4n) is 3.32. The highest BCUT2D eigenvalue weighted by Crippen LogP contribution is 2.33. The van der Waals surface area contributed by atoms with Gasteiger partial charge in [0.25, 0.3) is 0 Å². The molecular weight excluding hydrogens is 454 g/mol. The normalized spacial score (nSPS) is 12.9. The number of hydrogen-bond acceptors (Lipinski definition) is 6. The van der Waals surface area contributed by atoms with Crippen LogP contribution in [0.2, 0.25) is 0 Å². The number of hydrogen-bond donors (Lipinski definition) is 3. The minimum Gasteiger partial charge on any atom is -0.494 e. The predicted molar refractivity (Wildman–Crippen MR) is 129 cm³/mol. The number of nitrogens with one attached hydrogen (secondary N) is 3. The molecule has 2 aromatic rings. The van der Waals surface area contributed by atoms with E-state index in [1.807, 2.05) is 19.1 Å². The Morgan fingerprint density at radius 1 is 1.00 bits per heavy atom. The fourth-order valence-corrected chi connectivity index (χ4v) is 3.89. The summed E-state index contributed by atoms with van der Waals surface area (Å²) in [7, 11) is -3.27. The lowest BCUT2D eigenvalue weighted by Crippen LogP contribution is -2.24. The van der Waals surface area contributed by atoms with E-state index in [2.05, 4.69) is 15.4 Å². The Hall–Kier alpha value is -2.49. The first-order chi connectivity index (χ1) is 14.8. The Kier molecular flexibility index (Phi) is 9.61. The fraction of sp³-hybridized carbons (Fsp3) is 0.409. The Morgan fingerprint density at radius 3 is 2.47 bits per heavy atom. The van der Waals surface area contributed by atoms with E-state index >= 15 is 0 Å². The van der Waals surface area contributed by atoms with Crippen LogP contribution in [-0.4, -0.2) is 46.9 Å². The van der Waals surface area contributed by atoms with Crippen LogP contribution in [0.5, 0.6) is 11.5 Å². The largest absolute Gasteiger partial charge is 0.494 e. The van der Waals surface area contributed by atoms with Gasteiger partial charge in [0, 0.05) is 24.2 Å². The van der Waals surface area contributed by atoms with Crippen molar-refractivity contribution in [1.82, 2.24) is 5.32 Å². The lowest BCUT2D eigenvalue weighted by molar-refractivity contribution is -0.116. The van der Waals surface area contributed by atoms with Crippen LogP contribution in [0.25, 0.3) is 0 Å². The lowest BCUT2D eigenvalue weighted by Gasteiger charge is -2.22. The van der Waals surface area contributed by atoms with Gasteiger partial charge in [0.15, 0.2) is 0 Å². The summed E-state index contributed by atoms with van der Waals surface area (Å²) < 4.78 is 36.4. The molecule has 0 radical (unpaired) electrons. The highest BCUT2D eigenvalue weighted by Gasteiger charge is 2.20. The molecule has 0 aromatic heterocycles. The molecule has 2 aromatic carbocycles. The monoisotopic (exact) mass is 483 g/mol. The Bertz CT molecular complexity index is 1010. The zero-order valence-corrected chi connectivity index (χ0v) is 19.9. The van der Waals surface area contributed by atoms with Gasteiger partial charge in [0.1, 0.15) is 18.1 Å². The maximum absolute atomic E-state index is 11.6. The summed E-state index contributed by atoms with van der Waals surface area (Å²) in [6.45, 7) is 4.58. The summed E-state index contributed by atoms with van der Waals surface area (Å²) in [5.74, 6) is 1.58. The van der Waals surface area contributed by atoms with Crippen LogP contribution in [-0.2, 0) is 21.2 Å². The molecule has 0 atom stereocenters. The number of carbonyl (C=O) groups excluding carboxylic acids is 1. The van der Waals surface area contributed by atoms with Crippen molar-refractivity contribution in [2.24, 2.45) is 0 Å². The van der Waals surface area contributed by atoms with Crippen LogP contribution in [0.15, 0.2) is 36.4 Å². The third kappa shape index (κ3) is 7.89. The second-order valence-electron chi connectivity index (χ2n) is 7.48. The first-order valence-electron chi connectivity index (χ1n) is 10.3. The third-order valence-electron chi connectivity index (χ3n) is 4.81. The van der Waals surface area contributed by atoms with Crippen molar-refractivity contribution < 1.29 is 22.7 Å². The van der Waals surface area contributed by atoms with Crippen molar-refractivity contribution in [2.75, 3.05) is 42.6 Å². The highest BCUT2D eigenvalue weighted by molar-refractivity contribution is 7.92. The van der Waals surface area contributed by atoms with Gasteiger partial charge in [0.05, 0.1) is 18.6 Å². The summed E-state index contributed by atoms with van der Waals surface area (Å²) in [6, 6.07) is 10.7. The van der Waals surface area contributed by atoms with Crippen molar-refractivity contribution in [2.45, 2.75) is 26.2 Å². The average molecular weight is 484 g/mol. The van der Waals surface area contributed by atoms with Crippen molar-refractivity contribution >= 4 is 39.7 Å². The number of sulfonamides is 1. The van der Waals surface area contributed by atoms with Gasteiger partial charge in [-0.25, -0.2) is 8.42 Å². The van der Waals surface area contributed by atoms with Crippen LogP contribution in [0.4, 0.5) is 11.4 Å². The summed E-state index contributed by atoms with van der Waals surface area (Å²) >= 11 is 0. The number of carbonyl (C=O) groups is 1. The minimum absolute atomic E-state index is 0. The van der Waals surface area contributed by atoms with E-state index < -0.39 is 10.0 Å².